The zero-order chi connectivity index (χ0) is 12.6. The fourth-order valence-electron chi connectivity index (χ4n) is 1.95. The first-order chi connectivity index (χ1) is 8.06. The molecule has 2 aromatic rings. The monoisotopic (exact) mass is 229 g/mol. The molecule has 2 rings (SSSR count). The lowest BCUT2D eigenvalue weighted by Gasteiger charge is -2.09. The van der Waals surface area contributed by atoms with Crippen molar-refractivity contribution in [1.29, 1.82) is 5.26 Å². The average Bonchev–Trinajstić information content (AvgIpc) is 2.78. The summed E-state index contributed by atoms with van der Waals surface area (Å²) in [5.41, 5.74) is 9.60. The van der Waals surface area contributed by atoms with Crippen LogP contribution in [0, 0.1) is 25.2 Å². The van der Waals surface area contributed by atoms with E-state index in [0.29, 0.717) is 17.9 Å². The second-order valence-corrected chi connectivity index (χ2v) is 4.11. The van der Waals surface area contributed by atoms with Crippen molar-refractivity contribution >= 4 is 5.82 Å². The Hall–Kier alpha value is -2.22. The van der Waals surface area contributed by atoms with Crippen LogP contribution in [0.15, 0.2) is 12.3 Å². The fourth-order valence-corrected chi connectivity index (χ4v) is 1.95. The van der Waals surface area contributed by atoms with E-state index in [1.807, 2.05) is 31.5 Å². The van der Waals surface area contributed by atoms with Crippen LogP contribution in [0.5, 0.6) is 0 Å². The Morgan fingerprint density at radius 1 is 1.47 bits per heavy atom. The molecule has 2 N–H and O–H groups in total. The summed E-state index contributed by atoms with van der Waals surface area (Å²) in [6.45, 7) is 4.53. The number of hydrogen-bond acceptors (Lipinski definition) is 3. The van der Waals surface area contributed by atoms with Crippen LogP contribution < -0.4 is 5.73 Å². The smallest absolute Gasteiger partial charge is 0.122 e. The molecule has 0 aliphatic heterocycles. The van der Waals surface area contributed by atoms with Gasteiger partial charge in [-0.05, 0) is 25.5 Å². The van der Waals surface area contributed by atoms with E-state index in [0.717, 1.165) is 17.0 Å². The first kappa shape index (κ1) is 11.3. The Bertz CT molecular complexity index is 597. The summed E-state index contributed by atoms with van der Waals surface area (Å²) < 4.78 is 3.76. The first-order valence-electron chi connectivity index (χ1n) is 5.38. The maximum absolute atomic E-state index is 9.06. The molecule has 2 aromatic heterocycles. The van der Waals surface area contributed by atoms with Gasteiger partial charge in [0.25, 0.3) is 0 Å². The Morgan fingerprint density at radius 2 is 2.18 bits per heavy atom. The first-order valence-corrected chi connectivity index (χ1v) is 5.38. The van der Waals surface area contributed by atoms with Crippen LogP contribution in [0.4, 0.5) is 5.82 Å². The minimum Gasteiger partial charge on any atom is -0.384 e. The zero-order valence-corrected chi connectivity index (χ0v) is 10.2. The van der Waals surface area contributed by atoms with Crippen molar-refractivity contribution in [1.82, 2.24) is 14.3 Å². The van der Waals surface area contributed by atoms with Gasteiger partial charge in [-0.1, -0.05) is 0 Å². The molecule has 0 radical (unpaired) electrons. The molecule has 0 saturated heterocycles. The van der Waals surface area contributed by atoms with Crippen LogP contribution >= 0.6 is 0 Å². The van der Waals surface area contributed by atoms with Gasteiger partial charge in [0.05, 0.1) is 17.8 Å². The highest BCUT2D eigenvalue weighted by molar-refractivity contribution is 5.58. The highest BCUT2D eigenvalue weighted by atomic mass is 15.3. The van der Waals surface area contributed by atoms with Gasteiger partial charge < -0.3 is 10.3 Å². The van der Waals surface area contributed by atoms with Gasteiger partial charge in [0.1, 0.15) is 11.9 Å². The quantitative estimate of drug-likeness (QED) is 0.844. The molecule has 0 aliphatic rings. The van der Waals surface area contributed by atoms with Crippen LogP contribution in [0.3, 0.4) is 0 Å². The summed E-state index contributed by atoms with van der Waals surface area (Å²) in [7, 11) is 1.89. The molecule has 0 aliphatic carbocycles. The highest BCUT2D eigenvalue weighted by Gasteiger charge is 2.15. The predicted octanol–water partition coefficient (Wildman–Crippen LogP) is 1.34. The summed E-state index contributed by atoms with van der Waals surface area (Å²) in [6, 6.07) is 4.10. The van der Waals surface area contributed by atoms with Crippen molar-refractivity contribution in [2.75, 3.05) is 5.73 Å². The standard InChI is InChI=1S/C12H15N5/c1-8-9(2)17(12(14)11(8)6-13)7-10-4-5-15-16(10)3/h4-5H,7,14H2,1-3H3. The normalized spacial score (nSPS) is 10.5. The molecule has 0 saturated carbocycles. The van der Waals surface area contributed by atoms with Gasteiger partial charge in [0.2, 0.25) is 0 Å². The third-order valence-corrected chi connectivity index (χ3v) is 3.22. The predicted molar refractivity (Wildman–Crippen MR) is 65.3 cm³/mol. The molecule has 0 spiro atoms. The summed E-state index contributed by atoms with van der Waals surface area (Å²) in [5.74, 6) is 0.531. The van der Waals surface area contributed by atoms with Crippen molar-refractivity contribution < 1.29 is 0 Å². The SMILES string of the molecule is Cc1c(C#N)c(N)n(Cc2ccnn2C)c1C. The van der Waals surface area contributed by atoms with Gasteiger partial charge in [-0.15, -0.1) is 0 Å². The molecule has 0 amide bonds. The number of rotatable bonds is 2. The molecule has 88 valence electrons. The van der Waals surface area contributed by atoms with Crippen molar-refractivity contribution in [2.45, 2.75) is 20.4 Å². The third kappa shape index (κ3) is 1.68. The lowest BCUT2D eigenvalue weighted by Crippen LogP contribution is -2.09. The van der Waals surface area contributed by atoms with Gasteiger partial charge in [-0.3, -0.25) is 4.68 Å². The Kier molecular flexibility index (Phi) is 2.64. The van der Waals surface area contributed by atoms with E-state index in [9.17, 15) is 0 Å². The Balaban J connectivity index is 2.48. The van der Waals surface area contributed by atoms with E-state index < -0.39 is 0 Å². The highest BCUT2D eigenvalue weighted by Crippen LogP contribution is 2.24. The van der Waals surface area contributed by atoms with E-state index in [2.05, 4.69) is 11.2 Å². The number of nitrogens with zero attached hydrogens (tertiary/aromatic N) is 4. The van der Waals surface area contributed by atoms with E-state index in [1.165, 1.54) is 0 Å². The number of aromatic nitrogens is 3. The number of aryl methyl sites for hydroxylation is 1. The van der Waals surface area contributed by atoms with Crippen molar-refractivity contribution in [3.8, 4) is 6.07 Å². The molecule has 0 atom stereocenters. The Labute approximate surface area is 100 Å². The van der Waals surface area contributed by atoms with Gasteiger partial charge in [-0.25, -0.2) is 0 Å². The lowest BCUT2D eigenvalue weighted by atomic mass is 10.2. The van der Waals surface area contributed by atoms with Crippen molar-refractivity contribution in [3.63, 3.8) is 0 Å². The molecular weight excluding hydrogens is 214 g/mol. The van der Waals surface area contributed by atoms with Crippen LogP contribution in [-0.2, 0) is 13.6 Å². The number of hydrogen-bond donors (Lipinski definition) is 1. The summed E-state index contributed by atoms with van der Waals surface area (Å²) in [5, 5.41) is 13.2. The number of nitrogen functional groups attached to an aromatic ring is 1. The maximum Gasteiger partial charge on any atom is 0.122 e. The lowest BCUT2D eigenvalue weighted by molar-refractivity contribution is 0.663. The third-order valence-electron chi connectivity index (χ3n) is 3.22. The summed E-state index contributed by atoms with van der Waals surface area (Å²) in [4.78, 5) is 0. The van der Waals surface area contributed by atoms with Crippen LogP contribution in [0.1, 0.15) is 22.5 Å². The summed E-state index contributed by atoms with van der Waals surface area (Å²) in [6.07, 6.45) is 1.75. The van der Waals surface area contributed by atoms with Crippen LogP contribution in [0.2, 0.25) is 0 Å². The second-order valence-electron chi connectivity index (χ2n) is 4.11. The van der Waals surface area contributed by atoms with Crippen LogP contribution in [0.25, 0.3) is 0 Å². The molecule has 0 bridgehead atoms. The second kappa shape index (κ2) is 3.98. The minimum absolute atomic E-state index is 0.531. The zero-order valence-electron chi connectivity index (χ0n) is 10.2. The largest absolute Gasteiger partial charge is 0.384 e. The molecule has 0 unspecified atom stereocenters. The van der Waals surface area contributed by atoms with Gasteiger partial charge in [0, 0.05) is 18.9 Å². The molecule has 0 fully saturated rings. The molecule has 0 aromatic carbocycles. The minimum atomic E-state index is 0.531. The average molecular weight is 229 g/mol. The van der Waals surface area contributed by atoms with Crippen molar-refractivity contribution in [2.24, 2.45) is 7.05 Å². The van der Waals surface area contributed by atoms with E-state index in [4.69, 9.17) is 11.0 Å². The maximum atomic E-state index is 9.06. The van der Waals surface area contributed by atoms with E-state index in [-0.39, 0.29) is 0 Å². The molecule has 2 heterocycles. The van der Waals surface area contributed by atoms with Gasteiger partial charge >= 0.3 is 0 Å². The molecule has 5 heteroatoms. The number of nitrogens with two attached hydrogens (primary N) is 1. The van der Waals surface area contributed by atoms with Gasteiger partial charge in [-0.2, -0.15) is 10.4 Å². The number of anilines is 1. The fraction of sp³-hybridized carbons (Fsp3) is 0.333. The van der Waals surface area contributed by atoms with E-state index in [1.54, 1.807) is 10.9 Å². The summed E-state index contributed by atoms with van der Waals surface area (Å²) >= 11 is 0. The van der Waals surface area contributed by atoms with Gasteiger partial charge in [0.15, 0.2) is 0 Å². The Morgan fingerprint density at radius 3 is 2.65 bits per heavy atom. The molecule has 17 heavy (non-hydrogen) atoms. The van der Waals surface area contributed by atoms with Crippen LogP contribution in [-0.4, -0.2) is 14.3 Å². The molecular formula is C12H15N5. The van der Waals surface area contributed by atoms with Crippen molar-refractivity contribution in [3.05, 3.63) is 34.8 Å². The molecule has 5 nitrogen and oxygen atoms in total. The topological polar surface area (TPSA) is 72.6 Å². The number of nitriles is 1. The van der Waals surface area contributed by atoms with E-state index >= 15 is 0 Å².